The molecule has 0 aliphatic heterocycles. The number of nitrogens with zero attached hydrogens (tertiary/aromatic N) is 3. The van der Waals surface area contributed by atoms with Gasteiger partial charge in [-0.25, -0.2) is 4.79 Å². The Balaban J connectivity index is 1.73. The van der Waals surface area contributed by atoms with Crippen LogP contribution in [0.1, 0.15) is 52.9 Å². The fourth-order valence-corrected chi connectivity index (χ4v) is 5.82. The molecule has 0 aromatic carbocycles. The van der Waals surface area contributed by atoms with Gasteiger partial charge in [-0.2, -0.15) is 0 Å². The van der Waals surface area contributed by atoms with Crippen molar-refractivity contribution >= 4 is 51.3 Å². The predicted molar refractivity (Wildman–Crippen MR) is 132 cm³/mol. The first kappa shape index (κ1) is 24.5. The van der Waals surface area contributed by atoms with Crippen molar-refractivity contribution in [3.8, 4) is 11.4 Å². The molecule has 7 nitrogen and oxygen atoms in total. The van der Waals surface area contributed by atoms with Crippen LogP contribution in [-0.4, -0.2) is 39.0 Å². The molecule has 0 bridgehead atoms. The zero-order valence-corrected chi connectivity index (χ0v) is 21.4. The Morgan fingerprint density at radius 1 is 1.22 bits per heavy atom. The third-order valence-electron chi connectivity index (χ3n) is 4.87. The molecule has 0 saturated heterocycles. The van der Waals surface area contributed by atoms with E-state index in [0.717, 1.165) is 41.2 Å². The molecule has 0 atom stereocenters. The molecule has 0 radical (unpaired) electrons. The summed E-state index contributed by atoms with van der Waals surface area (Å²) >= 11 is 4.46. The molecule has 1 N–H and O–H groups in total. The number of rotatable bonds is 10. The molecule has 0 unspecified atom stereocenters. The summed E-state index contributed by atoms with van der Waals surface area (Å²) < 4.78 is 7.23. The van der Waals surface area contributed by atoms with E-state index < -0.39 is 5.97 Å². The van der Waals surface area contributed by atoms with Gasteiger partial charge in [-0.1, -0.05) is 25.6 Å². The minimum Gasteiger partial charge on any atom is -0.462 e. The van der Waals surface area contributed by atoms with Gasteiger partial charge in [-0.15, -0.1) is 32.9 Å². The summed E-state index contributed by atoms with van der Waals surface area (Å²) in [6.45, 7) is 10.9. The second-order valence-electron chi connectivity index (χ2n) is 7.16. The first-order valence-electron chi connectivity index (χ1n) is 10.6. The molecule has 3 rings (SSSR count). The number of ether oxygens (including phenoxy) is 1. The molecule has 0 aliphatic carbocycles. The monoisotopic (exact) mass is 492 g/mol. The number of carbonyl (C=O) groups is 2. The van der Waals surface area contributed by atoms with Gasteiger partial charge < -0.3 is 14.6 Å². The van der Waals surface area contributed by atoms with Crippen molar-refractivity contribution < 1.29 is 14.3 Å². The first-order chi connectivity index (χ1) is 15.4. The van der Waals surface area contributed by atoms with Crippen molar-refractivity contribution in [3.63, 3.8) is 0 Å². The molecule has 0 aliphatic rings. The molecule has 1 amide bonds. The number of amides is 1. The van der Waals surface area contributed by atoms with Crippen LogP contribution in [0.3, 0.4) is 0 Å². The van der Waals surface area contributed by atoms with Crippen LogP contribution in [0.4, 0.5) is 5.00 Å². The van der Waals surface area contributed by atoms with Crippen molar-refractivity contribution in [1.29, 1.82) is 0 Å². The lowest BCUT2D eigenvalue weighted by atomic mass is 10.1. The number of hydrogen-bond donors (Lipinski definition) is 1. The van der Waals surface area contributed by atoms with Gasteiger partial charge in [0.15, 0.2) is 11.0 Å². The van der Waals surface area contributed by atoms with Gasteiger partial charge in [0, 0.05) is 27.2 Å². The average Bonchev–Trinajstić information content (AvgIpc) is 3.45. The molecule has 0 spiro atoms. The number of aryl methyl sites for hydroxylation is 2. The fourth-order valence-electron chi connectivity index (χ4n) is 3.17. The zero-order chi connectivity index (χ0) is 23.3. The lowest BCUT2D eigenvalue weighted by molar-refractivity contribution is -0.113. The highest BCUT2D eigenvalue weighted by atomic mass is 32.2. The van der Waals surface area contributed by atoms with Crippen molar-refractivity contribution in [3.05, 3.63) is 32.3 Å². The largest absolute Gasteiger partial charge is 0.462 e. The number of hydrogen-bond acceptors (Lipinski definition) is 8. The third-order valence-corrected chi connectivity index (χ3v) is 8.05. The normalized spacial score (nSPS) is 11.0. The Hall–Kier alpha value is -2.17. The maximum atomic E-state index is 12.7. The summed E-state index contributed by atoms with van der Waals surface area (Å²) in [5.74, 6) is 0.397. The summed E-state index contributed by atoms with van der Waals surface area (Å²) in [4.78, 5) is 27.3. The average molecular weight is 493 g/mol. The quantitative estimate of drug-likeness (QED) is 0.294. The zero-order valence-electron chi connectivity index (χ0n) is 19.0. The lowest BCUT2D eigenvalue weighted by Crippen LogP contribution is -2.17. The molecule has 3 aromatic rings. The highest BCUT2D eigenvalue weighted by Gasteiger charge is 2.23. The number of anilines is 1. The molecule has 10 heteroatoms. The van der Waals surface area contributed by atoms with Gasteiger partial charge in [0.2, 0.25) is 5.91 Å². The van der Waals surface area contributed by atoms with Crippen molar-refractivity contribution in [2.45, 2.75) is 59.2 Å². The Labute approximate surface area is 200 Å². The van der Waals surface area contributed by atoms with Crippen molar-refractivity contribution in [1.82, 2.24) is 14.8 Å². The van der Waals surface area contributed by atoms with E-state index in [1.54, 1.807) is 18.3 Å². The van der Waals surface area contributed by atoms with E-state index in [-0.39, 0.29) is 18.3 Å². The minimum atomic E-state index is -0.410. The van der Waals surface area contributed by atoms with E-state index >= 15 is 0 Å². The van der Waals surface area contributed by atoms with E-state index in [2.05, 4.69) is 45.4 Å². The van der Waals surface area contributed by atoms with Gasteiger partial charge in [0.25, 0.3) is 0 Å². The predicted octanol–water partition coefficient (Wildman–Crippen LogP) is 5.56. The van der Waals surface area contributed by atoms with Gasteiger partial charge in [-0.3, -0.25) is 4.79 Å². The van der Waals surface area contributed by atoms with E-state index in [0.29, 0.717) is 15.7 Å². The summed E-state index contributed by atoms with van der Waals surface area (Å²) in [7, 11) is 0. The minimum absolute atomic E-state index is 0.171. The molecular weight excluding hydrogens is 464 g/mol. The van der Waals surface area contributed by atoms with Crippen molar-refractivity contribution in [2.75, 3.05) is 17.7 Å². The van der Waals surface area contributed by atoms with Crippen LogP contribution in [0.25, 0.3) is 11.4 Å². The van der Waals surface area contributed by atoms with Gasteiger partial charge in [0.1, 0.15) is 5.00 Å². The number of nitrogens with one attached hydrogen (secondary N) is 1. The van der Waals surface area contributed by atoms with E-state index in [4.69, 9.17) is 4.74 Å². The van der Waals surface area contributed by atoms with Gasteiger partial charge >= 0.3 is 5.97 Å². The van der Waals surface area contributed by atoms with Crippen LogP contribution in [0, 0.1) is 13.8 Å². The number of carbonyl (C=O) groups excluding carboxylic acids is 2. The van der Waals surface area contributed by atoms with Crippen LogP contribution in [0.2, 0.25) is 0 Å². The van der Waals surface area contributed by atoms with Gasteiger partial charge in [0.05, 0.1) is 17.9 Å². The molecule has 0 fully saturated rings. The highest BCUT2D eigenvalue weighted by molar-refractivity contribution is 7.99. The summed E-state index contributed by atoms with van der Waals surface area (Å²) in [5, 5.41) is 15.0. The number of aromatic nitrogens is 3. The van der Waals surface area contributed by atoms with Crippen LogP contribution < -0.4 is 5.32 Å². The maximum Gasteiger partial charge on any atom is 0.341 e. The molecule has 0 saturated carbocycles. The Morgan fingerprint density at radius 2 is 2.00 bits per heavy atom. The van der Waals surface area contributed by atoms with Crippen molar-refractivity contribution in [2.24, 2.45) is 0 Å². The van der Waals surface area contributed by atoms with E-state index in [1.165, 1.54) is 28.0 Å². The van der Waals surface area contributed by atoms with Crippen LogP contribution >= 0.6 is 34.4 Å². The van der Waals surface area contributed by atoms with E-state index in [9.17, 15) is 9.59 Å². The van der Waals surface area contributed by atoms with E-state index in [1.807, 2.05) is 13.8 Å². The lowest BCUT2D eigenvalue weighted by Gasteiger charge is -2.09. The Morgan fingerprint density at radius 3 is 2.66 bits per heavy atom. The SMILES string of the molecule is CCCn1c(SCC(=O)Nc2sc(C)c(C)c2C(=O)OCC)nnc1-c1csc(CC)c1. The Bertz CT molecular complexity index is 1100. The summed E-state index contributed by atoms with van der Waals surface area (Å²) in [6.07, 6.45) is 1.93. The topological polar surface area (TPSA) is 86.1 Å². The number of thioether (sulfide) groups is 1. The molecule has 172 valence electrons. The molecule has 3 heterocycles. The smallest absolute Gasteiger partial charge is 0.341 e. The number of thiophene rings is 2. The molecular formula is C22H28N4O3S3. The molecule has 3 aromatic heterocycles. The standard InChI is InChI=1S/C22H28N4O3S3/c1-6-9-26-19(15-10-16(7-2)30-11-15)24-25-22(26)31-12-17(27)23-20-18(21(28)29-8-3)13(4)14(5)32-20/h10-11H,6-9,12H2,1-5H3,(H,23,27). The maximum absolute atomic E-state index is 12.7. The summed E-state index contributed by atoms with van der Waals surface area (Å²) in [6, 6.07) is 2.15. The summed E-state index contributed by atoms with van der Waals surface area (Å²) in [5.41, 5.74) is 2.34. The third kappa shape index (κ3) is 5.41. The highest BCUT2D eigenvalue weighted by Crippen LogP contribution is 2.33. The first-order valence-corrected chi connectivity index (χ1v) is 13.3. The van der Waals surface area contributed by atoms with Crippen LogP contribution in [0.15, 0.2) is 16.6 Å². The molecule has 32 heavy (non-hydrogen) atoms. The van der Waals surface area contributed by atoms with Crippen LogP contribution in [-0.2, 0) is 22.5 Å². The number of esters is 1. The second kappa shape index (κ2) is 11.1. The second-order valence-corrected chi connectivity index (χ2v) is 10.3. The van der Waals surface area contributed by atoms with Crippen LogP contribution in [0.5, 0.6) is 0 Å². The van der Waals surface area contributed by atoms with Gasteiger partial charge in [-0.05, 0) is 45.2 Å². The Kier molecular flexibility index (Phi) is 8.50. The fraction of sp³-hybridized carbons (Fsp3) is 0.455.